The molecule has 0 aliphatic heterocycles. The molecule has 128 valence electrons. The van der Waals surface area contributed by atoms with Crippen molar-refractivity contribution in [1.82, 2.24) is 0 Å². The normalized spacial score (nSPS) is 16.1. The summed E-state index contributed by atoms with van der Waals surface area (Å²) in [5.74, 6) is 0.176. The molecule has 0 amide bonds. The average Bonchev–Trinajstić information content (AvgIpc) is 2.26. The predicted octanol–water partition coefficient (Wildman–Crippen LogP) is 4.37. The van der Waals surface area contributed by atoms with Crippen molar-refractivity contribution < 1.29 is 14.3 Å². The lowest BCUT2D eigenvalue weighted by atomic mass is 9.98. The molecule has 0 aliphatic carbocycles. The second-order valence-corrected chi connectivity index (χ2v) is 18.4. The molecule has 0 aromatic carbocycles. The van der Waals surface area contributed by atoms with Gasteiger partial charge in [0.1, 0.15) is 0 Å². The summed E-state index contributed by atoms with van der Waals surface area (Å²) in [4.78, 5) is 10.3. The van der Waals surface area contributed by atoms with Crippen molar-refractivity contribution >= 4 is 16.6 Å². The summed E-state index contributed by atoms with van der Waals surface area (Å²) in [6, 6.07) is 0. The predicted molar refractivity (Wildman–Crippen MR) is 96.7 cm³/mol. The fourth-order valence-electron chi connectivity index (χ4n) is 1.64. The van der Waals surface area contributed by atoms with Crippen molar-refractivity contribution in [3.63, 3.8) is 0 Å². The molecule has 0 aliphatic rings. The minimum Gasteiger partial charge on any atom is -0.432 e. The molecule has 1 atom stereocenters. The maximum absolute atomic E-state index is 10.3. The van der Waals surface area contributed by atoms with Crippen molar-refractivity contribution in [2.45, 2.75) is 83.7 Å². The number of hydrogen-bond acceptors (Lipinski definition) is 3. The summed E-state index contributed by atoms with van der Waals surface area (Å²) in [7, 11) is -3.91. The van der Waals surface area contributed by atoms with Gasteiger partial charge >= 0.3 is 0 Å². The summed E-state index contributed by atoms with van der Waals surface area (Å²) in [5, 5.41) is 9.78. The lowest BCUT2D eigenvalue weighted by Crippen LogP contribution is -2.42. The summed E-state index contributed by atoms with van der Waals surface area (Å²) < 4.78 is 6.23. The largest absolute Gasteiger partial charge is 0.432 e. The topological polar surface area (TPSA) is 49.7 Å². The molecule has 0 aromatic heterocycles. The number of aliphatic hydroxyl groups is 1. The molecule has 0 saturated heterocycles. The van der Waals surface area contributed by atoms with E-state index in [-0.39, 0.29) is 22.6 Å². The third kappa shape index (κ3) is 6.52. The Bertz CT molecular complexity index is 284. The van der Waals surface area contributed by atoms with Gasteiger partial charge in [-0.1, -0.05) is 34.6 Å². The summed E-state index contributed by atoms with van der Waals surface area (Å²) in [6.07, 6.45) is 1.85. The van der Waals surface area contributed by atoms with Crippen LogP contribution in [0.3, 0.4) is 0 Å². The van der Waals surface area contributed by atoms with Gasteiger partial charge in [0.25, 0.3) is 0 Å². The molecular weight excluding hydrogens is 296 g/mol. The van der Waals surface area contributed by atoms with Gasteiger partial charge in [-0.2, -0.15) is 0 Å². The van der Waals surface area contributed by atoms with Crippen LogP contribution in [0.1, 0.15) is 47.5 Å². The third-order valence-electron chi connectivity index (χ3n) is 5.58. The van der Waals surface area contributed by atoms with E-state index >= 15 is 0 Å². The number of hydrogen-bond donors (Lipinski definition) is 2. The van der Waals surface area contributed by atoms with E-state index in [0.717, 1.165) is 12.8 Å². The van der Waals surface area contributed by atoms with Gasteiger partial charge < -0.3 is 14.3 Å². The Kier molecular flexibility index (Phi) is 7.37. The second-order valence-electron chi connectivity index (χ2n) is 9.10. The molecule has 0 fully saturated rings. The summed E-state index contributed by atoms with van der Waals surface area (Å²) in [6.45, 7) is 20.3. The second kappa shape index (κ2) is 7.26. The van der Waals surface area contributed by atoms with E-state index in [1.165, 1.54) is 0 Å². The molecule has 0 saturated carbocycles. The van der Waals surface area contributed by atoms with Gasteiger partial charge in [-0.15, -0.1) is 0 Å². The average molecular weight is 335 g/mol. The van der Waals surface area contributed by atoms with Crippen LogP contribution < -0.4 is 0 Å². The minimum absolute atomic E-state index is 0.0304. The van der Waals surface area contributed by atoms with E-state index in [1.54, 1.807) is 0 Å². The first kappa shape index (κ1) is 21.3. The van der Waals surface area contributed by atoms with Crippen molar-refractivity contribution in [2.75, 3.05) is 13.2 Å². The molecule has 0 radical (unpaired) electrons. The van der Waals surface area contributed by atoms with E-state index < -0.39 is 16.6 Å². The Hall–Kier alpha value is 0.314. The standard InChI is InChI=1S/C16H38O3Si2/c1-15(2,3)21(8,9)19-13-14(12-17)10-11-16(4,5)20(6,7)18/h14,17-18H,10-13H2,1-9H3. The van der Waals surface area contributed by atoms with Crippen LogP contribution in [0.2, 0.25) is 36.3 Å². The van der Waals surface area contributed by atoms with Crippen LogP contribution >= 0.6 is 0 Å². The molecule has 3 nitrogen and oxygen atoms in total. The fourth-order valence-corrected chi connectivity index (χ4v) is 3.48. The zero-order chi connectivity index (χ0) is 17.1. The Morgan fingerprint density at radius 1 is 1.00 bits per heavy atom. The molecule has 0 bridgehead atoms. The highest BCUT2D eigenvalue weighted by atomic mass is 28.4. The van der Waals surface area contributed by atoms with Gasteiger partial charge in [0.15, 0.2) is 16.6 Å². The molecular formula is C16H38O3Si2. The monoisotopic (exact) mass is 334 g/mol. The summed E-state index contributed by atoms with van der Waals surface area (Å²) >= 11 is 0. The van der Waals surface area contributed by atoms with Gasteiger partial charge in [0, 0.05) is 19.1 Å². The van der Waals surface area contributed by atoms with E-state index in [1.807, 2.05) is 13.1 Å². The first-order valence-electron chi connectivity index (χ1n) is 8.11. The Morgan fingerprint density at radius 3 is 1.81 bits per heavy atom. The van der Waals surface area contributed by atoms with Gasteiger partial charge in [0.2, 0.25) is 0 Å². The van der Waals surface area contributed by atoms with Crippen molar-refractivity contribution in [1.29, 1.82) is 0 Å². The van der Waals surface area contributed by atoms with E-state index in [4.69, 9.17) is 4.43 Å². The third-order valence-corrected chi connectivity index (χ3v) is 13.6. The SMILES string of the molecule is CC(C)(CCC(CO)CO[Si](C)(C)C(C)(C)C)[Si](C)(C)O. The highest BCUT2D eigenvalue weighted by Crippen LogP contribution is 2.41. The zero-order valence-corrected chi connectivity index (χ0v) is 17.7. The van der Waals surface area contributed by atoms with Gasteiger partial charge in [-0.05, 0) is 49.1 Å². The lowest BCUT2D eigenvalue weighted by molar-refractivity contribution is 0.142. The van der Waals surface area contributed by atoms with Gasteiger partial charge in [-0.3, -0.25) is 0 Å². The first-order valence-corrected chi connectivity index (χ1v) is 14.0. The van der Waals surface area contributed by atoms with E-state index in [2.05, 4.69) is 47.7 Å². The molecule has 2 N–H and O–H groups in total. The quantitative estimate of drug-likeness (QED) is 0.648. The Balaban J connectivity index is 4.51. The van der Waals surface area contributed by atoms with E-state index in [9.17, 15) is 9.90 Å². The highest BCUT2D eigenvalue weighted by Gasteiger charge is 2.39. The molecule has 0 aromatic rings. The van der Waals surface area contributed by atoms with Crippen LogP contribution in [0.5, 0.6) is 0 Å². The Morgan fingerprint density at radius 2 is 1.48 bits per heavy atom. The van der Waals surface area contributed by atoms with Crippen LogP contribution in [0.15, 0.2) is 0 Å². The van der Waals surface area contributed by atoms with Crippen molar-refractivity contribution in [3.8, 4) is 0 Å². The van der Waals surface area contributed by atoms with Crippen LogP contribution in [0, 0.1) is 5.92 Å². The number of aliphatic hydroxyl groups excluding tert-OH is 1. The van der Waals surface area contributed by atoms with E-state index in [0.29, 0.717) is 6.61 Å². The minimum atomic E-state index is -2.17. The van der Waals surface area contributed by atoms with Crippen LogP contribution in [-0.2, 0) is 4.43 Å². The van der Waals surface area contributed by atoms with Gasteiger partial charge in [0.05, 0.1) is 0 Å². The zero-order valence-electron chi connectivity index (χ0n) is 15.7. The molecule has 21 heavy (non-hydrogen) atoms. The first-order chi connectivity index (χ1) is 9.14. The molecule has 5 heteroatoms. The molecule has 1 unspecified atom stereocenters. The smallest absolute Gasteiger partial charge is 0.191 e. The van der Waals surface area contributed by atoms with Crippen LogP contribution in [-0.4, -0.2) is 39.8 Å². The number of rotatable bonds is 8. The summed E-state index contributed by atoms with van der Waals surface area (Å²) in [5.41, 5.74) is 0. The van der Waals surface area contributed by atoms with Crippen LogP contribution in [0.25, 0.3) is 0 Å². The Labute approximate surface area is 134 Å². The van der Waals surface area contributed by atoms with Gasteiger partial charge in [-0.25, -0.2) is 0 Å². The lowest BCUT2D eigenvalue weighted by Gasteiger charge is -2.38. The maximum atomic E-state index is 10.3. The molecule has 0 spiro atoms. The molecule has 0 rings (SSSR count). The fraction of sp³-hybridized carbons (Fsp3) is 1.00. The maximum Gasteiger partial charge on any atom is 0.191 e. The molecule has 0 heterocycles. The van der Waals surface area contributed by atoms with Crippen molar-refractivity contribution in [3.05, 3.63) is 0 Å². The van der Waals surface area contributed by atoms with Crippen molar-refractivity contribution in [2.24, 2.45) is 5.92 Å². The highest BCUT2D eigenvalue weighted by molar-refractivity contribution is 6.74. The van der Waals surface area contributed by atoms with Crippen LogP contribution in [0.4, 0.5) is 0 Å².